The van der Waals surface area contributed by atoms with E-state index < -0.39 is 43.5 Å². The highest BCUT2D eigenvalue weighted by Crippen LogP contribution is 2.37. The Bertz CT molecular complexity index is 1110. The maximum absolute atomic E-state index is 13.6. The Morgan fingerprint density at radius 2 is 1.79 bits per heavy atom. The smallest absolute Gasteiger partial charge is 0.268 e. The highest BCUT2D eigenvalue weighted by molar-refractivity contribution is 7.93. The Balaban J connectivity index is 2.21. The lowest BCUT2D eigenvalue weighted by atomic mass is 10.2. The number of anilines is 1. The number of nitrogens with zero attached hydrogens (tertiary/aromatic N) is 1. The number of phenols is 1. The molecule has 158 valence electrons. The Morgan fingerprint density at radius 3 is 2.34 bits per heavy atom. The molecule has 1 aliphatic heterocycles. The van der Waals surface area contributed by atoms with E-state index in [1.54, 1.807) is 0 Å². The quantitative estimate of drug-likeness (QED) is 0.669. The predicted molar refractivity (Wildman–Crippen MR) is 106 cm³/mol. The lowest BCUT2D eigenvalue weighted by Gasteiger charge is -2.32. The van der Waals surface area contributed by atoms with Gasteiger partial charge in [-0.15, -0.1) is 0 Å². The second-order valence-electron chi connectivity index (χ2n) is 6.55. The van der Waals surface area contributed by atoms with Crippen molar-refractivity contribution < 1.29 is 36.5 Å². The summed E-state index contributed by atoms with van der Waals surface area (Å²) in [7, 11) is -5.32. The summed E-state index contributed by atoms with van der Waals surface area (Å²) in [5, 5.41) is 20.2. The number of aliphatic hydroxyl groups is 1. The topological polar surface area (TPSA) is 130 Å². The first kappa shape index (κ1) is 21.2. The number of aliphatic hydroxyl groups excluding tert-OH is 1. The van der Waals surface area contributed by atoms with Gasteiger partial charge in [-0.3, -0.25) is 4.31 Å². The fourth-order valence-electron chi connectivity index (χ4n) is 3.27. The molecular weight excluding hydrogens is 422 g/mol. The molecule has 2 aromatic carbocycles. The van der Waals surface area contributed by atoms with Crippen molar-refractivity contribution in [3.8, 4) is 17.2 Å². The van der Waals surface area contributed by atoms with Gasteiger partial charge in [-0.05, 0) is 24.3 Å². The third kappa shape index (κ3) is 4.11. The van der Waals surface area contributed by atoms with E-state index in [1.165, 1.54) is 56.7 Å². The molecule has 0 aromatic heterocycles. The van der Waals surface area contributed by atoms with E-state index in [2.05, 4.69) is 0 Å². The van der Waals surface area contributed by atoms with Crippen LogP contribution in [0.5, 0.6) is 17.2 Å². The molecular formula is C18H21NO8S2. The summed E-state index contributed by atoms with van der Waals surface area (Å²) in [5.41, 5.74) is 0.0176. The Morgan fingerprint density at radius 1 is 1.07 bits per heavy atom. The van der Waals surface area contributed by atoms with E-state index in [9.17, 15) is 27.0 Å². The van der Waals surface area contributed by atoms with E-state index in [0.29, 0.717) is 5.75 Å². The van der Waals surface area contributed by atoms with Crippen molar-refractivity contribution in [3.63, 3.8) is 0 Å². The van der Waals surface area contributed by atoms with Gasteiger partial charge >= 0.3 is 0 Å². The van der Waals surface area contributed by atoms with Crippen LogP contribution in [-0.2, 0) is 19.9 Å². The monoisotopic (exact) mass is 443 g/mol. The predicted octanol–water partition coefficient (Wildman–Crippen LogP) is 0.763. The maximum Gasteiger partial charge on any atom is 0.268 e. The van der Waals surface area contributed by atoms with Crippen LogP contribution in [-0.4, -0.2) is 64.9 Å². The largest absolute Gasteiger partial charge is 0.508 e. The summed E-state index contributed by atoms with van der Waals surface area (Å²) < 4.78 is 62.4. The van der Waals surface area contributed by atoms with Crippen molar-refractivity contribution in [2.45, 2.75) is 17.0 Å². The van der Waals surface area contributed by atoms with E-state index in [1.807, 2.05) is 0 Å². The molecule has 0 radical (unpaired) electrons. The van der Waals surface area contributed by atoms with Crippen molar-refractivity contribution in [2.24, 2.45) is 0 Å². The molecule has 0 amide bonds. The molecule has 1 heterocycles. The molecule has 29 heavy (non-hydrogen) atoms. The van der Waals surface area contributed by atoms with Gasteiger partial charge < -0.3 is 19.7 Å². The Labute approximate surface area is 169 Å². The van der Waals surface area contributed by atoms with Crippen LogP contribution in [0.1, 0.15) is 0 Å². The molecule has 3 rings (SSSR count). The number of ether oxygens (including phenoxy) is 2. The molecule has 0 spiro atoms. The molecule has 2 aromatic rings. The normalized spacial score (nSPS) is 20.9. The third-order valence-electron chi connectivity index (χ3n) is 4.59. The van der Waals surface area contributed by atoms with E-state index in [4.69, 9.17) is 9.47 Å². The summed E-state index contributed by atoms with van der Waals surface area (Å²) in [6.07, 6.45) is -1.43. The van der Waals surface area contributed by atoms with Crippen molar-refractivity contribution in [2.75, 3.05) is 30.0 Å². The maximum atomic E-state index is 13.6. The first-order valence-corrected chi connectivity index (χ1v) is 11.8. The zero-order valence-electron chi connectivity index (χ0n) is 15.7. The van der Waals surface area contributed by atoms with Crippen LogP contribution in [0, 0.1) is 0 Å². The van der Waals surface area contributed by atoms with E-state index in [0.717, 1.165) is 4.31 Å². The second-order valence-corrected chi connectivity index (χ2v) is 10.5. The van der Waals surface area contributed by atoms with E-state index in [-0.39, 0.29) is 22.1 Å². The number of methoxy groups -OCH3 is 2. The molecule has 0 bridgehead atoms. The molecule has 0 aliphatic carbocycles. The summed E-state index contributed by atoms with van der Waals surface area (Å²) in [6.45, 7) is 0. The van der Waals surface area contributed by atoms with Crippen molar-refractivity contribution >= 4 is 25.5 Å². The van der Waals surface area contributed by atoms with E-state index >= 15 is 0 Å². The number of sulfone groups is 1. The number of hydrogen-bond acceptors (Lipinski definition) is 8. The SMILES string of the molecule is COc1ccc(S(=O)(=O)N(c2cccc(O)c2)[C@@H]2CS(=O)(=O)C[C@@H]2O)c(OC)c1. The molecule has 9 nitrogen and oxygen atoms in total. The number of benzene rings is 2. The van der Waals surface area contributed by atoms with Gasteiger partial charge in [0.1, 0.15) is 22.1 Å². The van der Waals surface area contributed by atoms with Gasteiger partial charge in [0.15, 0.2) is 9.84 Å². The standard InChI is InChI=1S/C18H21NO8S2/c1-26-14-6-7-18(17(9-14)27-2)29(24,25)19(12-4-3-5-13(20)8-12)15-10-28(22,23)11-16(15)21/h3-9,15-16,20-21H,10-11H2,1-2H3/t15-,16+/m1/s1. The molecule has 1 aliphatic rings. The molecule has 2 atom stereocenters. The van der Waals surface area contributed by atoms with Crippen LogP contribution in [0.2, 0.25) is 0 Å². The van der Waals surface area contributed by atoms with Gasteiger partial charge in [-0.1, -0.05) is 6.07 Å². The Hall–Kier alpha value is -2.50. The molecule has 0 saturated carbocycles. The summed E-state index contributed by atoms with van der Waals surface area (Å²) >= 11 is 0. The first-order valence-electron chi connectivity index (χ1n) is 8.53. The molecule has 0 unspecified atom stereocenters. The highest BCUT2D eigenvalue weighted by Gasteiger charge is 2.45. The molecule has 11 heteroatoms. The lowest BCUT2D eigenvalue weighted by Crippen LogP contribution is -2.47. The minimum Gasteiger partial charge on any atom is -0.508 e. The lowest BCUT2D eigenvalue weighted by molar-refractivity contribution is 0.184. The summed E-state index contributed by atoms with van der Waals surface area (Å²) in [4.78, 5) is -0.236. The zero-order valence-corrected chi connectivity index (χ0v) is 17.4. The van der Waals surface area contributed by atoms with Gasteiger partial charge in [0.2, 0.25) is 0 Å². The number of hydrogen-bond donors (Lipinski definition) is 2. The highest BCUT2D eigenvalue weighted by atomic mass is 32.2. The first-order chi connectivity index (χ1) is 13.6. The summed E-state index contributed by atoms with van der Waals surface area (Å²) in [6, 6.07) is 8.19. The van der Waals surface area contributed by atoms with Gasteiger partial charge in [0, 0.05) is 12.1 Å². The number of rotatable bonds is 6. The Kier molecular flexibility index (Phi) is 5.65. The third-order valence-corrected chi connectivity index (χ3v) is 8.18. The van der Waals surface area contributed by atoms with Crippen molar-refractivity contribution in [1.29, 1.82) is 0 Å². The number of sulfonamides is 1. The average Bonchev–Trinajstić information content (AvgIpc) is 2.93. The molecule has 2 N–H and O–H groups in total. The second kappa shape index (κ2) is 7.73. The zero-order chi connectivity index (χ0) is 21.4. The minimum absolute atomic E-state index is 0.00940. The molecule has 1 saturated heterocycles. The minimum atomic E-state index is -4.39. The average molecular weight is 443 g/mol. The van der Waals surface area contributed by atoms with Gasteiger partial charge in [0.25, 0.3) is 10.0 Å². The van der Waals surface area contributed by atoms with Crippen LogP contribution in [0.4, 0.5) is 5.69 Å². The van der Waals surface area contributed by atoms with Crippen molar-refractivity contribution in [3.05, 3.63) is 42.5 Å². The number of phenolic OH excluding ortho intramolecular Hbond substituents is 1. The molecule has 1 fully saturated rings. The fourth-order valence-corrected chi connectivity index (χ4v) is 6.94. The summed E-state index contributed by atoms with van der Waals surface area (Å²) in [5.74, 6) is -0.957. The van der Waals surface area contributed by atoms with Gasteiger partial charge in [-0.25, -0.2) is 16.8 Å². The van der Waals surface area contributed by atoms with Crippen LogP contribution in [0.15, 0.2) is 47.4 Å². The van der Waals surface area contributed by atoms with Crippen molar-refractivity contribution in [1.82, 2.24) is 0 Å². The fraction of sp³-hybridized carbons (Fsp3) is 0.333. The van der Waals surface area contributed by atoms with Crippen LogP contribution in [0.25, 0.3) is 0 Å². The van der Waals surface area contributed by atoms with Crippen LogP contribution < -0.4 is 13.8 Å². The van der Waals surface area contributed by atoms with Crippen LogP contribution in [0.3, 0.4) is 0 Å². The number of aromatic hydroxyl groups is 1. The van der Waals surface area contributed by atoms with Gasteiger partial charge in [0.05, 0.1) is 43.6 Å². The van der Waals surface area contributed by atoms with Gasteiger partial charge in [-0.2, -0.15) is 0 Å². The van der Waals surface area contributed by atoms with Crippen LogP contribution >= 0.6 is 0 Å².